The molecular weight excluding hydrogens is 304 g/mol. The van der Waals surface area contributed by atoms with Gasteiger partial charge >= 0.3 is 6.03 Å². The molecule has 2 N–H and O–H groups in total. The van der Waals surface area contributed by atoms with Crippen LogP contribution in [0, 0.1) is 11.6 Å². The van der Waals surface area contributed by atoms with Crippen molar-refractivity contribution in [2.24, 2.45) is 0 Å². The van der Waals surface area contributed by atoms with Gasteiger partial charge in [-0.2, -0.15) is 0 Å². The van der Waals surface area contributed by atoms with Crippen LogP contribution in [0.5, 0.6) is 0 Å². The molecule has 5 nitrogen and oxygen atoms in total. The van der Waals surface area contributed by atoms with Crippen LogP contribution in [0.3, 0.4) is 0 Å². The van der Waals surface area contributed by atoms with Crippen molar-refractivity contribution in [3.8, 4) is 0 Å². The minimum absolute atomic E-state index is 0.0525. The summed E-state index contributed by atoms with van der Waals surface area (Å²) in [5.74, 6) is -1.05. The molecule has 1 aliphatic heterocycles. The molecule has 2 atom stereocenters. The first-order chi connectivity index (χ1) is 10.9. The number of nitrogens with zero attached hydrogens (tertiary/aromatic N) is 1. The summed E-state index contributed by atoms with van der Waals surface area (Å²) >= 11 is 0. The summed E-state index contributed by atoms with van der Waals surface area (Å²) < 4.78 is 27.1. The molecular formula is C16H21F2N3O2. The number of likely N-dealkylation sites (tertiary alicyclic amines) is 1. The number of likely N-dealkylation sites (N-methyl/N-ethyl adjacent to an activating group) is 1. The molecule has 1 heterocycles. The molecule has 1 saturated heterocycles. The van der Waals surface area contributed by atoms with E-state index in [0.717, 1.165) is 18.2 Å². The average molecular weight is 325 g/mol. The third kappa shape index (κ3) is 4.40. The minimum atomic E-state index is -0.617. The van der Waals surface area contributed by atoms with Crippen LogP contribution < -0.4 is 10.6 Å². The van der Waals surface area contributed by atoms with E-state index in [1.165, 1.54) is 0 Å². The molecule has 2 rings (SSSR count). The van der Waals surface area contributed by atoms with Crippen molar-refractivity contribution in [3.05, 3.63) is 35.4 Å². The van der Waals surface area contributed by atoms with Crippen molar-refractivity contribution in [1.82, 2.24) is 15.5 Å². The van der Waals surface area contributed by atoms with Gasteiger partial charge in [0, 0.05) is 31.6 Å². The number of hydrogen-bond donors (Lipinski definition) is 2. The van der Waals surface area contributed by atoms with Crippen molar-refractivity contribution < 1.29 is 18.4 Å². The van der Waals surface area contributed by atoms with Gasteiger partial charge < -0.3 is 15.5 Å². The normalized spacial score (nSPS) is 19.4. The van der Waals surface area contributed by atoms with Crippen molar-refractivity contribution in [2.45, 2.75) is 38.3 Å². The Morgan fingerprint density at radius 2 is 2.17 bits per heavy atom. The van der Waals surface area contributed by atoms with E-state index in [1.807, 2.05) is 0 Å². The SMILES string of the molecule is CC[C@@H](NC(=O)N[C@@H]1CCC(=O)N(C)C1)c1cc(F)ccc1F. The average Bonchev–Trinajstić information content (AvgIpc) is 2.51. The molecule has 3 amide bonds. The molecule has 1 aromatic carbocycles. The predicted molar refractivity (Wildman–Crippen MR) is 81.7 cm³/mol. The Hall–Kier alpha value is -2.18. The van der Waals surface area contributed by atoms with Gasteiger partial charge in [0.05, 0.1) is 6.04 Å². The van der Waals surface area contributed by atoms with Gasteiger partial charge in [0.25, 0.3) is 0 Å². The maximum absolute atomic E-state index is 13.8. The number of carbonyl (C=O) groups is 2. The van der Waals surface area contributed by atoms with Gasteiger partial charge in [-0.3, -0.25) is 4.79 Å². The highest BCUT2D eigenvalue weighted by Crippen LogP contribution is 2.21. The Morgan fingerprint density at radius 1 is 1.43 bits per heavy atom. The van der Waals surface area contributed by atoms with E-state index in [9.17, 15) is 18.4 Å². The van der Waals surface area contributed by atoms with Gasteiger partial charge in [-0.25, -0.2) is 13.6 Å². The van der Waals surface area contributed by atoms with Crippen LogP contribution in [0.4, 0.5) is 13.6 Å². The first-order valence-electron chi connectivity index (χ1n) is 7.66. The fraction of sp³-hybridized carbons (Fsp3) is 0.500. The Kier molecular flexibility index (Phi) is 5.52. The van der Waals surface area contributed by atoms with Crippen LogP contribution in [0.15, 0.2) is 18.2 Å². The Balaban J connectivity index is 1.97. The van der Waals surface area contributed by atoms with Crippen LogP contribution in [0.2, 0.25) is 0 Å². The van der Waals surface area contributed by atoms with E-state index in [2.05, 4.69) is 10.6 Å². The summed E-state index contributed by atoms with van der Waals surface area (Å²) in [6.45, 7) is 2.22. The molecule has 0 aliphatic carbocycles. The van der Waals surface area contributed by atoms with E-state index in [-0.39, 0.29) is 17.5 Å². The lowest BCUT2D eigenvalue weighted by atomic mass is 10.0. The highest BCUT2D eigenvalue weighted by molar-refractivity contribution is 5.78. The Bertz CT molecular complexity index is 595. The molecule has 1 fully saturated rings. The number of benzene rings is 1. The van der Waals surface area contributed by atoms with Crippen molar-refractivity contribution >= 4 is 11.9 Å². The zero-order chi connectivity index (χ0) is 17.0. The second-order valence-electron chi connectivity index (χ2n) is 5.75. The summed E-state index contributed by atoms with van der Waals surface area (Å²) in [4.78, 5) is 25.1. The van der Waals surface area contributed by atoms with Gasteiger partial charge in [0.1, 0.15) is 11.6 Å². The maximum Gasteiger partial charge on any atom is 0.315 e. The summed E-state index contributed by atoms with van der Waals surface area (Å²) in [6.07, 6.45) is 1.38. The lowest BCUT2D eigenvalue weighted by molar-refractivity contribution is -0.132. The number of piperidine rings is 1. The molecule has 7 heteroatoms. The Labute approximate surface area is 134 Å². The molecule has 0 saturated carbocycles. The van der Waals surface area contributed by atoms with Gasteiger partial charge in [-0.05, 0) is 31.0 Å². The minimum Gasteiger partial charge on any atom is -0.344 e. The van der Waals surface area contributed by atoms with Gasteiger partial charge in [-0.15, -0.1) is 0 Å². The molecule has 126 valence electrons. The first-order valence-corrected chi connectivity index (χ1v) is 7.66. The Morgan fingerprint density at radius 3 is 2.83 bits per heavy atom. The number of urea groups is 1. The summed E-state index contributed by atoms with van der Waals surface area (Å²) in [7, 11) is 1.69. The number of carbonyl (C=O) groups excluding carboxylic acids is 2. The monoisotopic (exact) mass is 325 g/mol. The van der Waals surface area contributed by atoms with Crippen LogP contribution >= 0.6 is 0 Å². The second-order valence-corrected chi connectivity index (χ2v) is 5.75. The van der Waals surface area contributed by atoms with Gasteiger partial charge in [-0.1, -0.05) is 6.92 Å². The lowest BCUT2D eigenvalue weighted by Gasteiger charge is -2.30. The van der Waals surface area contributed by atoms with E-state index in [1.54, 1.807) is 18.9 Å². The standard InChI is InChI=1S/C16H21F2N3O2/c1-3-14(12-8-10(17)4-6-13(12)18)20-16(23)19-11-5-7-15(22)21(2)9-11/h4,6,8,11,14H,3,5,7,9H2,1-2H3,(H2,19,20,23)/t11-,14-/m1/s1. The van der Waals surface area contributed by atoms with Crippen LogP contribution in [0.1, 0.15) is 37.8 Å². The van der Waals surface area contributed by atoms with Gasteiger partial charge in [0.15, 0.2) is 0 Å². The van der Waals surface area contributed by atoms with Crippen LogP contribution in [0.25, 0.3) is 0 Å². The smallest absolute Gasteiger partial charge is 0.315 e. The zero-order valence-electron chi connectivity index (χ0n) is 13.2. The third-order valence-electron chi connectivity index (χ3n) is 4.01. The van der Waals surface area contributed by atoms with Crippen LogP contribution in [-0.2, 0) is 4.79 Å². The summed E-state index contributed by atoms with van der Waals surface area (Å²) in [5, 5.41) is 5.44. The number of amides is 3. The first kappa shape index (κ1) is 17.2. The fourth-order valence-electron chi connectivity index (χ4n) is 2.70. The second kappa shape index (κ2) is 7.39. The van der Waals surface area contributed by atoms with E-state index >= 15 is 0 Å². The van der Waals surface area contributed by atoms with Gasteiger partial charge in [0.2, 0.25) is 5.91 Å². The highest BCUT2D eigenvalue weighted by Gasteiger charge is 2.25. The third-order valence-corrected chi connectivity index (χ3v) is 4.01. The lowest BCUT2D eigenvalue weighted by Crippen LogP contribution is -2.51. The van der Waals surface area contributed by atoms with E-state index < -0.39 is 23.7 Å². The molecule has 0 spiro atoms. The van der Waals surface area contributed by atoms with Crippen molar-refractivity contribution in [1.29, 1.82) is 0 Å². The topological polar surface area (TPSA) is 61.4 Å². The number of hydrogen-bond acceptors (Lipinski definition) is 2. The van der Waals surface area contributed by atoms with E-state index in [4.69, 9.17) is 0 Å². The summed E-state index contributed by atoms with van der Waals surface area (Å²) in [6, 6.07) is 1.97. The van der Waals surface area contributed by atoms with Crippen LogP contribution in [-0.4, -0.2) is 36.5 Å². The fourth-order valence-corrected chi connectivity index (χ4v) is 2.70. The number of halogens is 2. The number of nitrogens with one attached hydrogen (secondary N) is 2. The maximum atomic E-state index is 13.8. The van der Waals surface area contributed by atoms with Crippen molar-refractivity contribution in [3.63, 3.8) is 0 Å². The molecule has 0 unspecified atom stereocenters. The number of rotatable bonds is 4. The molecule has 1 aliphatic rings. The molecule has 0 radical (unpaired) electrons. The summed E-state index contributed by atoms with van der Waals surface area (Å²) in [5.41, 5.74) is 0.124. The molecule has 0 aromatic heterocycles. The van der Waals surface area contributed by atoms with Crippen molar-refractivity contribution in [2.75, 3.05) is 13.6 Å². The quantitative estimate of drug-likeness (QED) is 0.892. The molecule has 1 aromatic rings. The van der Waals surface area contributed by atoms with E-state index in [0.29, 0.717) is 25.8 Å². The zero-order valence-corrected chi connectivity index (χ0v) is 13.2. The molecule has 0 bridgehead atoms. The largest absolute Gasteiger partial charge is 0.344 e. The predicted octanol–water partition coefficient (Wildman–Crippen LogP) is 2.34. The highest BCUT2D eigenvalue weighted by atomic mass is 19.1. The molecule has 23 heavy (non-hydrogen) atoms.